The molecule has 0 aliphatic heterocycles. The Morgan fingerprint density at radius 3 is 2.60 bits per heavy atom. The fourth-order valence-electron chi connectivity index (χ4n) is 1.96. The summed E-state index contributed by atoms with van der Waals surface area (Å²) in [7, 11) is -3.96. The third-order valence-electron chi connectivity index (χ3n) is 3.01. The van der Waals surface area contributed by atoms with Crippen LogP contribution in [0.5, 0.6) is 0 Å². The van der Waals surface area contributed by atoms with E-state index in [9.17, 15) is 12.8 Å². The van der Waals surface area contributed by atoms with Crippen LogP contribution in [0.15, 0.2) is 23.4 Å². The zero-order chi connectivity index (χ0) is 14.5. The van der Waals surface area contributed by atoms with Crippen LogP contribution >= 0.6 is 11.6 Å². The highest BCUT2D eigenvalue weighted by molar-refractivity contribution is 7.89. The molecule has 106 valence electrons. The molecule has 0 spiro atoms. The molecular formula is C11H10ClFN4O2S. The van der Waals surface area contributed by atoms with Gasteiger partial charge in [0.25, 0.3) is 15.2 Å². The molecule has 1 aliphatic carbocycles. The lowest BCUT2D eigenvalue weighted by Crippen LogP contribution is -2.18. The topological polar surface area (TPSA) is 90.9 Å². The number of benzene rings is 1. The first-order valence-electron chi connectivity index (χ1n) is 5.81. The van der Waals surface area contributed by atoms with Crippen LogP contribution < -0.4 is 5.14 Å². The van der Waals surface area contributed by atoms with Crippen molar-refractivity contribution in [1.29, 1.82) is 0 Å². The van der Waals surface area contributed by atoms with Crippen molar-refractivity contribution in [1.82, 2.24) is 14.8 Å². The van der Waals surface area contributed by atoms with Crippen molar-refractivity contribution in [3.63, 3.8) is 0 Å². The van der Waals surface area contributed by atoms with Gasteiger partial charge in [-0.3, -0.25) is 4.57 Å². The summed E-state index contributed by atoms with van der Waals surface area (Å²) in [6.45, 7) is 0. The molecule has 1 heterocycles. The molecule has 1 aromatic carbocycles. The van der Waals surface area contributed by atoms with Gasteiger partial charge in [0, 0.05) is 11.6 Å². The van der Waals surface area contributed by atoms with Gasteiger partial charge < -0.3 is 0 Å². The number of rotatable bonds is 3. The summed E-state index contributed by atoms with van der Waals surface area (Å²) in [5, 5.41) is 12.3. The fourth-order valence-corrected chi connectivity index (χ4v) is 2.81. The maximum Gasteiger partial charge on any atom is 0.273 e. The van der Waals surface area contributed by atoms with Crippen LogP contribution in [0.4, 0.5) is 4.39 Å². The van der Waals surface area contributed by atoms with Gasteiger partial charge in [0.2, 0.25) is 0 Å². The van der Waals surface area contributed by atoms with Crippen molar-refractivity contribution in [2.75, 3.05) is 0 Å². The molecule has 2 N–H and O–H groups in total. The van der Waals surface area contributed by atoms with Crippen molar-refractivity contribution in [3.05, 3.63) is 29.0 Å². The number of aromatic nitrogens is 3. The summed E-state index contributed by atoms with van der Waals surface area (Å²) >= 11 is 5.73. The molecule has 0 radical (unpaired) electrons. The molecule has 1 saturated carbocycles. The molecule has 1 fully saturated rings. The van der Waals surface area contributed by atoms with E-state index in [0.29, 0.717) is 11.4 Å². The number of nitrogens with two attached hydrogens (primary N) is 1. The number of primary sulfonamides is 1. The zero-order valence-corrected chi connectivity index (χ0v) is 11.7. The predicted molar refractivity (Wildman–Crippen MR) is 70.1 cm³/mol. The quantitative estimate of drug-likeness (QED) is 0.933. The molecule has 0 atom stereocenters. The molecule has 20 heavy (non-hydrogen) atoms. The van der Waals surface area contributed by atoms with Crippen LogP contribution in [0.2, 0.25) is 5.02 Å². The second-order valence-corrected chi connectivity index (χ2v) is 6.44. The molecule has 9 heteroatoms. The lowest BCUT2D eigenvalue weighted by molar-refractivity contribution is 0.567. The third-order valence-corrected chi connectivity index (χ3v) is 4.09. The molecule has 3 rings (SSSR count). The Labute approximate surface area is 119 Å². The standard InChI is InChI=1S/C11H10ClFN4O2S/c12-8-5-6(1-4-9(8)13)10-15-16-11(20(14,18)19)17(10)7-2-3-7/h1,4-5,7H,2-3H2,(H2,14,18,19). The molecule has 0 bridgehead atoms. The number of halogens is 2. The second-order valence-electron chi connectivity index (χ2n) is 4.58. The van der Waals surface area contributed by atoms with Crippen molar-refractivity contribution < 1.29 is 12.8 Å². The van der Waals surface area contributed by atoms with Crippen LogP contribution in [-0.2, 0) is 10.0 Å². The van der Waals surface area contributed by atoms with Gasteiger partial charge in [-0.2, -0.15) is 0 Å². The van der Waals surface area contributed by atoms with E-state index in [0.717, 1.165) is 12.8 Å². The van der Waals surface area contributed by atoms with Gasteiger partial charge in [-0.1, -0.05) is 11.6 Å². The lowest BCUT2D eigenvalue weighted by atomic mass is 10.2. The second kappa shape index (κ2) is 4.51. The first kappa shape index (κ1) is 13.5. The molecular weight excluding hydrogens is 307 g/mol. The molecule has 1 aliphatic rings. The maximum absolute atomic E-state index is 13.2. The molecule has 0 amide bonds. The SMILES string of the molecule is NS(=O)(=O)c1nnc(-c2ccc(F)c(Cl)c2)n1C1CC1. The Morgan fingerprint density at radius 2 is 2.05 bits per heavy atom. The molecule has 0 unspecified atom stereocenters. The Morgan fingerprint density at radius 1 is 1.35 bits per heavy atom. The van der Waals surface area contributed by atoms with Crippen LogP contribution in [-0.4, -0.2) is 23.2 Å². The van der Waals surface area contributed by atoms with Crippen molar-refractivity contribution >= 4 is 21.6 Å². The van der Waals surface area contributed by atoms with E-state index in [1.165, 1.54) is 22.8 Å². The average molecular weight is 317 g/mol. The Balaban J connectivity index is 2.19. The number of nitrogens with zero attached hydrogens (tertiary/aromatic N) is 3. The average Bonchev–Trinajstić information content (AvgIpc) is 3.10. The van der Waals surface area contributed by atoms with Gasteiger partial charge >= 0.3 is 0 Å². The summed E-state index contributed by atoms with van der Waals surface area (Å²) in [5.41, 5.74) is 0.491. The summed E-state index contributed by atoms with van der Waals surface area (Å²) in [6, 6.07) is 4.04. The van der Waals surface area contributed by atoms with E-state index < -0.39 is 15.8 Å². The van der Waals surface area contributed by atoms with Gasteiger partial charge in [0.15, 0.2) is 5.82 Å². The van der Waals surface area contributed by atoms with Gasteiger partial charge in [-0.05, 0) is 31.0 Å². The zero-order valence-electron chi connectivity index (χ0n) is 10.1. The molecule has 6 nitrogen and oxygen atoms in total. The maximum atomic E-state index is 13.2. The van der Waals surface area contributed by atoms with E-state index in [1.54, 1.807) is 0 Å². The number of hydrogen-bond acceptors (Lipinski definition) is 4. The van der Waals surface area contributed by atoms with E-state index in [2.05, 4.69) is 10.2 Å². The highest BCUT2D eigenvalue weighted by Crippen LogP contribution is 2.40. The molecule has 1 aromatic heterocycles. The minimum atomic E-state index is -3.96. The summed E-state index contributed by atoms with van der Waals surface area (Å²) in [4.78, 5) is 0. The van der Waals surface area contributed by atoms with Crippen LogP contribution in [0.25, 0.3) is 11.4 Å². The highest BCUT2D eigenvalue weighted by Gasteiger charge is 2.33. The summed E-state index contributed by atoms with van der Waals surface area (Å²) < 4.78 is 37.7. The smallest absolute Gasteiger partial charge is 0.273 e. The van der Waals surface area contributed by atoms with Gasteiger partial charge in [0.1, 0.15) is 5.82 Å². The van der Waals surface area contributed by atoms with Crippen LogP contribution in [0.3, 0.4) is 0 Å². The normalized spacial score (nSPS) is 15.6. The Hall–Kier alpha value is -1.51. The van der Waals surface area contributed by atoms with E-state index in [4.69, 9.17) is 16.7 Å². The van der Waals surface area contributed by atoms with E-state index in [-0.39, 0.29) is 16.2 Å². The van der Waals surface area contributed by atoms with Crippen molar-refractivity contribution in [2.45, 2.75) is 24.0 Å². The Kier molecular flexibility index (Phi) is 3.03. The van der Waals surface area contributed by atoms with Crippen LogP contribution in [0.1, 0.15) is 18.9 Å². The minimum Gasteiger partial charge on any atom is -0.294 e. The first-order valence-corrected chi connectivity index (χ1v) is 7.73. The monoisotopic (exact) mass is 316 g/mol. The predicted octanol–water partition coefficient (Wildman–Crippen LogP) is 1.72. The van der Waals surface area contributed by atoms with Crippen molar-refractivity contribution in [3.8, 4) is 11.4 Å². The minimum absolute atomic E-state index is 0.00264. The number of sulfonamides is 1. The third kappa shape index (κ3) is 2.30. The largest absolute Gasteiger partial charge is 0.294 e. The fraction of sp³-hybridized carbons (Fsp3) is 0.273. The van der Waals surface area contributed by atoms with E-state index in [1.807, 2.05) is 0 Å². The first-order chi connectivity index (χ1) is 9.38. The van der Waals surface area contributed by atoms with Gasteiger partial charge in [-0.15, -0.1) is 10.2 Å². The summed E-state index contributed by atoms with van der Waals surface area (Å²) in [6.07, 6.45) is 1.64. The van der Waals surface area contributed by atoms with E-state index >= 15 is 0 Å². The lowest BCUT2D eigenvalue weighted by Gasteiger charge is -2.08. The van der Waals surface area contributed by atoms with Crippen LogP contribution in [0, 0.1) is 5.82 Å². The van der Waals surface area contributed by atoms with Crippen molar-refractivity contribution in [2.24, 2.45) is 5.14 Å². The van der Waals surface area contributed by atoms with Gasteiger partial charge in [-0.25, -0.2) is 17.9 Å². The molecule has 2 aromatic rings. The molecule has 0 saturated heterocycles. The Bertz CT molecular complexity index is 786. The number of hydrogen-bond donors (Lipinski definition) is 1. The highest BCUT2D eigenvalue weighted by atomic mass is 35.5. The summed E-state index contributed by atoms with van der Waals surface area (Å²) in [5.74, 6) is -0.238. The van der Waals surface area contributed by atoms with Gasteiger partial charge in [0.05, 0.1) is 5.02 Å².